The lowest BCUT2D eigenvalue weighted by atomic mass is 10.2. The number of nitriles is 1. The molecule has 132 valence electrons. The van der Waals surface area contributed by atoms with Gasteiger partial charge in [0, 0.05) is 0 Å². The third-order valence-corrected chi connectivity index (χ3v) is 4.05. The number of ether oxygens (including phenoxy) is 1. The number of nitrogens with zero attached hydrogens (tertiary/aromatic N) is 3. The molecule has 0 saturated carbocycles. The molecule has 25 heavy (non-hydrogen) atoms. The van der Waals surface area contributed by atoms with Gasteiger partial charge in [-0.05, 0) is 19.1 Å². The third-order valence-electron chi connectivity index (χ3n) is 2.91. The molecular weight excluding hydrogens is 391 g/mol. The highest BCUT2D eigenvalue weighted by Gasteiger charge is 2.21. The smallest absolute Gasteiger partial charge is 0.338 e. The van der Waals surface area contributed by atoms with E-state index < -0.39 is 16.0 Å². The maximum atomic E-state index is 11.8. The maximum Gasteiger partial charge on any atom is 0.338 e. The zero-order valence-corrected chi connectivity index (χ0v) is 15.4. The van der Waals surface area contributed by atoms with E-state index in [4.69, 9.17) is 33.2 Å². The van der Waals surface area contributed by atoms with Crippen LogP contribution in [0.1, 0.15) is 22.8 Å². The van der Waals surface area contributed by atoms with E-state index in [0.29, 0.717) is 0 Å². The number of nitrogens with one attached hydrogen (secondary N) is 1. The van der Waals surface area contributed by atoms with Crippen LogP contribution in [0.2, 0.25) is 10.0 Å². The number of aromatic nitrogens is 2. The summed E-state index contributed by atoms with van der Waals surface area (Å²) in [6.45, 7) is 1.84. The Morgan fingerprint density at radius 3 is 2.48 bits per heavy atom. The van der Waals surface area contributed by atoms with Crippen molar-refractivity contribution in [2.45, 2.75) is 6.92 Å². The Hall–Kier alpha value is -2.28. The SMILES string of the molecule is CCOC(=O)c1cc(Cl)c(-n2ncc(C#N)c2NS(C)(=O)=O)c(Cl)c1. The van der Waals surface area contributed by atoms with Gasteiger partial charge < -0.3 is 4.74 Å². The van der Waals surface area contributed by atoms with Gasteiger partial charge in [0.2, 0.25) is 10.0 Å². The molecule has 2 rings (SSSR count). The number of carbonyl (C=O) groups excluding carboxylic acids is 1. The van der Waals surface area contributed by atoms with Crippen molar-refractivity contribution in [1.82, 2.24) is 9.78 Å². The Bertz CT molecular complexity index is 956. The fraction of sp³-hybridized carbons (Fsp3) is 0.214. The van der Waals surface area contributed by atoms with Crippen molar-refractivity contribution < 1.29 is 17.9 Å². The molecule has 0 unspecified atom stereocenters. The van der Waals surface area contributed by atoms with E-state index in [1.807, 2.05) is 6.07 Å². The van der Waals surface area contributed by atoms with Crippen LogP contribution in [0.4, 0.5) is 5.82 Å². The highest BCUT2D eigenvalue weighted by molar-refractivity contribution is 7.92. The fourth-order valence-electron chi connectivity index (χ4n) is 1.97. The number of carbonyl (C=O) groups is 1. The van der Waals surface area contributed by atoms with Crippen molar-refractivity contribution in [3.63, 3.8) is 0 Å². The minimum absolute atomic E-state index is 0.0213. The predicted molar refractivity (Wildman–Crippen MR) is 92.7 cm³/mol. The van der Waals surface area contributed by atoms with Crippen LogP contribution in [0, 0.1) is 11.3 Å². The second-order valence-electron chi connectivity index (χ2n) is 4.81. The average Bonchev–Trinajstić information content (AvgIpc) is 2.87. The van der Waals surface area contributed by atoms with Gasteiger partial charge in [-0.15, -0.1) is 0 Å². The van der Waals surface area contributed by atoms with E-state index in [-0.39, 0.29) is 39.3 Å². The van der Waals surface area contributed by atoms with Crippen LogP contribution in [0.5, 0.6) is 0 Å². The Kier molecular flexibility index (Phi) is 5.57. The lowest BCUT2D eigenvalue weighted by Gasteiger charge is -2.13. The van der Waals surface area contributed by atoms with E-state index in [1.54, 1.807) is 6.92 Å². The molecular formula is C14H12Cl2N4O4S. The minimum atomic E-state index is -3.69. The summed E-state index contributed by atoms with van der Waals surface area (Å²) in [5, 5.41) is 13.1. The van der Waals surface area contributed by atoms with E-state index in [2.05, 4.69) is 9.82 Å². The van der Waals surface area contributed by atoms with E-state index in [0.717, 1.165) is 10.9 Å². The summed E-state index contributed by atoms with van der Waals surface area (Å²) >= 11 is 12.4. The Morgan fingerprint density at radius 1 is 1.40 bits per heavy atom. The molecule has 0 bridgehead atoms. The molecule has 0 fully saturated rings. The lowest BCUT2D eigenvalue weighted by Crippen LogP contribution is -2.15. The summed E-state index contributed by atoms with van der Waals surface area (Å²) in [4.78, 5) is 11.8. The quantitative estimate of drug-likeness (QED) is 0.768. The number of rotatable bonds is 5. The van der Waals surface area contributed by atoms with Crippen molar-refractivity contribution in [3.05, 3.63) is 39.5 Å². The van der Waals surface area contributed by atoms with Crippen LogP contribution in [0.15, 0.2) is 18.3 Å². The average molecular weight is 403 g/mol. The van der Waals surface area contributed by atoms with Crippen molar-refractivity contribution >= 4 is 45.0 Å². The van der Waals surface area contributed by atoms with Gasteiger partial charge in [-0.25, -0.2) is 17.9 Å². The fourth-order valence-corrected chi connectivity index (χ4v) is 3.17. The number of hydrogen-bond acceptors (Lipinski definition) is 6. The molecule has 0 aliphatic heterocycles. The van der Waals surface area contributed by atoms with Gasteiger partial charge in [0.05, 0.1) is 34.7 Å². The van der Waals surface area contributed by atoms with Gasteiger partial charge in [-0.1, -0.05) is 23.2 Å². The van der Waals surface area contributed by atoms with E-state index in [1.165, 1.54) is 18.3 Å². The third kappa shape index (κ3) is 4.22. The van der Waals surface area contributed by atoms with Crippen LogP contribution in [-0.2, 0) is 14.8 Å². The first-order valence-electron chi connectivity index (χ1n) is 6.80. The van der Waals surface area contributed by atoms with Gasteiger partial charge in [-0.3, -0.25) is 4.72 Å². The summed E-state index contributed by atoms with van der Waals surface area (Å²) in [6.07, 6.45) is 2.10. The van der Waals surface area contributed by atoms with Crippen LogP contribution in [0.3, 0.4) is 0 Å². The molecule has 11 heteroatoms. The van der Waals surface area contributed by atoms with Gasteiger partial charge in [0.1, 0.15) is 17.3 Å². The zero-order valence-electron chi connectivity index (χ0n) is 13.1. The summed E-state index contributed by atoms with van der Waals surface area (Å²) in [6, 6.07) is 4.46. The second kappa shape index (κ2) is 7.31. The monoisotopic (exact) mass is 402 g/mol. The van der Waals surface area contributed by atoms with Crippen molar-refractivity contribution in [3.8, 4) is 11.8 Å². The van der Waals surface area contributed by atoms with Gasteiger partial charge in [0.15, 0.2) is 5.82 Å². The van der Waals surface area contributed by atoms with Crippen molar-refractivity contribution in [2.24, 2.45) is 0 Å². The van der Waals surface area contributed by atoms with Crippen LogP contribution in [-0.4, -0.2) is 37.0 Å². The van der Waals surface area contributed by atoms with E-state index >= 15 is 0 Å². The second-order valence-corrected chi connectivity index (χ2v) is 7.38. The Labute approximate surface area is 154 Å². The molecule has 0 spiro atoms. The first kappa shape index (κ1) is 19.1. The molecule has 0 saturated heterocycles. The summed E-state index contributed by atoms with van der Waals surface area (Å²) in [5.41, 5.74) is 0.224. The van der Waals surface area contributed by atoms with Crippen molar-refractivity contribution in [2.75, 3.05) is 17.6 Å². The number of anilines is 1. The molecule has 0 atom stereocenters. The molecule has 8 nitrogen and oxygen atoms in total. The normalized spacial score (nSPS) is 11.0. The maximum absolute atomic E-state index is 11.8. The van der Waals surface area contributed by atoms with E-state index in [9.17, 15) is 13.2 Å². The number of benzene rings is 1. The van der Waals surface area contributed by atoms with Crippen LogP contribution < -0.4 is 4.72 Å². The van der Waals surface area contributed by atoms with Gasteiger partial charge >= 0.3 is 5.97 Å². The molecule has 2 aromatic rings. The molecule has 0 radical (unpaired) electrons. The largest absolute Gasteiger partial charge is 0.462 e. The molecule has 1 N–H and O–H groups in total. The molecule has 0 aliphatic rings. The molecule has 1 aromatic heterocycles. The van der Waals surface area contributed by atoms with Crippen LogP contribution in [0.25, 0.3) is 5.69 Å². The summed E-state index contributed by atoms with van der Waals surface area (Å²) < 4.78 is 31.3. The molecule has 1 aromatic carbocycles. The number of hydrogen-bond donors (Lipinski definition) is 1. The molecule has 0 amide bonds. The Balaban J connectivity index is 2.62. The zero-order chi connectivity index (χ0) is 18.8. The lowest BCUT2D eigenvalue weighted by molar-refractivity contribution is 0.0526. The van der Waals surface area contributed by atoms with Crippen molar-refractivity contribution in [1.29, 1.82) is 5.26 Å². The van der Waals surface area contributed by atoms with Gasteiger partial charge in [0.25, 0.3) is 0 Å². The Morgan fingerprint density at radius 2 is 2.00 bits per heavy atom. The van der Waals surface area contributed by atoms with Crippen LogP contribution >= 0.6 is 23.2 Å². The minimum Gasteiger partial charge on any atom is -0.462 e. The topological polar surface area (TPSA) is 114 Å². The number of sulfonamides is 1. The van der Waals surface area contributed by atoms with Gasteiger partial charge in [-0.2, -0.15) is 10.4 Å². The standard InChI is InChI=1S/C14H12Cl2N4O4S/c1-3-24-14(21)8-4-10(15)12(11(16)5-8)20-13(19-25(2,22)23)9(6-17)7-18-20/h4-5,7,19H,3H2,1-2H3. The summed E-state index contributed by atoms with van der Waals surface area (Å²) in [7, 11) is -3.69. The molecule has 1 heterocycles. The summed E-state index contributed by atoms with van der Waals surface area (Å²) in [5.74, 6) is -0.719. The number of halogens is 2. The highest BCUT2D eigenvalue weighted by Crippen LogP contribution is 2.33. The first-order valence-corrected chi connectivity index (χ1v) is 9.45. The number of esters is 1. The molecule has 0 aliphatic carbocycles. The first-order chi connectivity index (χ1) is 11.7. The predicted octanol–water partition coefficient (Wildman–Crippen LogP) is 2.60. The highest BCUT2D eigenvalue weighted by atomic mass is 35.5.